The lowest BCUT2D eigenvalue weighted by Crippen LogP contribution is -2.26. The van der Waals surface area contributed by atoms with Crippen molar-refractivity contribution in [2.24, 2.45) is 17.0 Å². The molecule has 1 heterocycles. The molecule has 0 saturated heterocycles. The number of rotatable bonds is 0. The van der Waals surface area contributed by atoms with Crippen molar-refractivity contribution >= 4 is 5.71 Å². The van der Waals surface area contributed by atoms with E-state index in [2.05, 4.69) is 17.3 Å². The number of hydrogen-bond acceptors (Lipinski definition) is 2. The van der Waals surface area contributed by atoms with Gasteiger partial charge in [0.1, 0.15) is 0 Å². The van der Waals surface area contributed by atoms with Crippen molar-refractivity contribution < 1.29 is 4.84 Å². The highest BCUT2D eigenvalue weighted by atomic mass is 16.6. The Hall–Kier alpha value is -0.790. The van der Waals surface area contributed by atoms with Gasteiger partial charge in [0.2, 0.25) is 0 Å². The molecule has 0 amide bonds. The molecule has 2 aliphatic carbocycles. The van der Waals surface area contributed by atoms with Gasteiger partial charge < -0.3 is 4.84 Å². The average molecular weight is 149 g/mol. The van der Waals surface area contributed by atoms with Crippen molar-refractivity contribution in [3.63, 3.8) is 0 Å². The van der Waals surface area contributed by atoms with Gasteiger partial charge in [0.15, 0.2) is 6.10 Å². The first kappa shape index (κ1) is 5.81. The van der Waals surface area contributed by atoms with E-state index in [-0.39, 0.29) is 0 Å². The summed E-state index contributed by atoms with van der Waals surface area (Å²) in [5.74, 6) is 1.49. The molecule has 1 fully saturated rings. The second kappa shape index (κ2) is 1.87. The molecule has 0 N–H and O–H groups in total. The lowest BCUT2D eigenvalue weighted by Gasteiger charge is -2.22. The van der Waals surface area contributed by atoms with Crippen molar-refractivity contribution in [3.8, 4) is 0 Å². The van der Waals surface area contributed by atoms with Gasteiger partial charge in [-0.1, -0.05) is 11.2 Å². The Bertz CT molecular complexity index is 244. The third kappa shape index (κ3) is 0.647. The van der Waals surface area contributed by atoms with Crippen molar-refractivity contribution in [1.82, 2.24) is 0 Å². The van der Waals surface area contributed by atoms with Crippen LogP contribution in [0.25, 0.3) is 0 Å². The van der Waals surface area contributed by atoms with E-state index in [4.69, 9.17) is 4.84 Å². The van der Waals surface area contributed by atoms with Crippen LogP contribution in [0.15, 0.2) is 17.3 Å². The van der Waals surface area contributed by atoms with E-state index < -0.39 is 0 Å². The maximum Gasteiger partial charge on any atom is 0.154 e. The van der Waals surface area contributed by atoms with Crippen molar-refractivity contribution in [2.45, 2.75) is 25.4 Å². The van der Waals surface area contributed by atoms with Gasteiger partial charge >= 0.3 is 0 Å². The number of oxime groups is 1. The molecule has 0 radical (unpaired) electrons. The molecule has 0 bridgehead atoms. The molecule has 3 atom stereocenters. The van der Waals surface area contributed by atoms with Gasteiger partial charge in [-0.05, 0) is 31.3 Å². The van der Waals surface area contributed by atoms with Gasteiger partial charge in [0.05, 0.1) is 5.71 Å². The zero-order valence-electron chi connectivity index (χ0n) is 6.36. The minimum absolute atomic E-state index is 0.297. The van der Waals surface area contributed by atoms with Gasteiger partial charge in [-0.15, -0.1) is 0 Å². The van der Waals surface area contributed by atoms with Crippen molar-refractivity contribution in [1.29, 1.82) is 0 Å². The number of nitrogens with zero attached hydrogens (tertiary/aromatic N) is 1. The van der Waals surface area contributed by atoms with Crippen LogP contribution in [0.4, 0.5) is 0 Å². The number of hydrogen-bond donors (Lipinski definition) is 0. The molecule has 0 spiro atoms. The van der Waals surface area contributed by atoms with Crippen LogP contribution in [0, 0.1) is 11.8 Å². The fraction of sp³-hybridized carbons (Fsp3) is 0.667. The Morgan fingerprint density at radius 1 is 1.55 bits per heavy atom. The smallest absolute Gasteiger partial charge is 0.154 e. The summed E-state index contributed by atoms with van der Waals surface area (Å²) in [6.07, 6.45) is 8.45. The molecule has 0 aromatic rings. The summed E-state index contributed by atoms with van der Waals surface area (Å²) >= 11 is 0. The molecule has 1 saturated carbocycles. The van der Waals surface area contributed by atoms with Gasteiger partial charge in [-0.2, -0.15) is 0 Å². The van der Waals surface area contributed by atoms with E-state index in [1.54, 1.807) is 0 Å². The summed E-state index contributed by atoms with van der Waals surface area (Å²) in [5, 5.41) is 4.11. The summed E-state index contributed by atoms with van der Waals surface area (Å²) in [5.41, 5.74) is 1.32. The fourth-order valence-corrected chi connectivity index (χ4v) is 2.52. The molecule has 11 heavy (non-hydrogen) atoms. The minimum Gasteiger partial charge on any atom is -0.388 e. The fourth-order valence-electron chi connectivity index (χ4n) is 2.52. The summed E-state index contributed by atoms with van der Waals surface area (Å²) < 4.78 is 0. The molecule has 2 nitrogen and oxygen atoms in total. The van der Waals surface area contributed by atoms with E-state index in [1.807, 2.05) is 0 Å². The standard InChI is InChI=1S/C9H11NO/c1-2-6-4-5-7-9(6)8(3-1)11-10-7/h1,3,6,8-9H,2,4-5H2. The first-order valence-electron chi connectivity index (χ1n) is 4.34. The Labute approximate surface area is 65.9 Å². The average Bonchev–Trinajstić information content (AvgIpc) is 2.60. The highest BCUT2D eigenvalue weighted by Crippen LogP contribution is 2.42. The lowest BCUT2D eigenvalue weighted by molar-refractivity contribution is 0.0766. The van der Waals surface area contributed by atoms with E-state index in [1.165, 1.54) is 25.0 Å². The highest BCUT2D eigenvalue weighted by molar-refractivity contribution is 5.90. The van der Waals surface area contributed by atoms with Crippen LogP contribution in [-0.2, 0) is 4.84 Å². The molecular weight excluding hydrogens is 138 g/mol. The van der Waals surface area contributed by atoms with Gasteiger partial charge in [-0.3, -0.25) is 0 Å². The van der Waals surface area contributed by atoms with Gasteiger partial charge in [0, 0.05) is 5.92 Å². The Balaban J connectivity index is 2.03. The van der Waals surface area contributed by atoms with Gasteiger partial charge in [-0.25, -0.2) is 0 Å². The highest BCUT2D eigenvalue weighted by Gasteiger charge is 2.44. The Kier molecular flexibility index (Phi) is 0.989. The van der Waals surface area contributed by atoms with E-state index in [0.29, 0.717) is 12.0 Å². The van der Waals surface area contributed by atoms with Crippen LogP contribution in [-0.4, -0.2) is 11.8 Å². The maximum atomic E-state index is 5.29. The normalized spacial score (nSPS) is 45.1. The van der Waals surface area contributed by atoms with E-state index in [9.17, 15) is 0 Å². The van der Waals surface area contributed by atoms with Crippen LogP contribution in [0.1, 0.15) is 19.3 Å². The molecule has 3 unspecified atom stereocenters. The second-order valence-electron chi connectivity index (χ2n) is 3.64. The zero-order valence-corrected chi connectivity index (χ0v) is 6.36. The molecule has 3 rings (SSSR count). The molecular formula is C9H11NO. The topological polar surface area (TPSA) is 21.6 Å². The largest absolute Gasteiger partial charge is 0.388 e. The van der Waals surface area contributed by atoms with Crippen molar-refractivity contribution in [2.75, 3.05) is 0 Å². The quantitative estimate of drug-likeness (QED) is 0.480. The Morgan fingerprint density at radius 3 is 3.55 bits per heavy atom. The zero-order chi connectivity index (χ0) is 7.26. The first-order valence-corrected chi connectivity index (χ1v) is 4.34. The lowest BCUT2D eigenvalue weighted by atomic mass is 9.84. The third-order valence-corrected chi connectivity index (χ3v) is 3.07. The summed E-state index contributed by atoms with van der Waals surface area (Å²) in [4.78, 5) is 5.29. The SMILES string of the molecule is C1=CC2ON=C3CCC(C1)C32. The predicted molar refractivity (Wildman–Crippen MR) is 42.3 cm³/mol. The van der Waals surface area contributed by atoms with Crippen LogP contribution in [0.3, 0.4) is 0 Å². The monoisotopic (exact) mass is 149 g/mol. The molecule has 2 heteroatoms. The maximum absolute atomic E-state index is 5.29. The first-order chi connectivity index (χ1) is 5.45. The molecule has 3 aliphatic rings. The Morgan fingerprint density at radius 2 is 2.55 bits per heavy atom. The minimum atomic E-state index is 0.297. The predicted octanol–water partition coefficient (Wildman–Crippen LogP) is 1.73. The van der Waals surface area contributed by atoms with Crippen LogP contribution in [0.5, 0.6) is 0 Å². The van der Waals surface area contributed by atoms with Crippen LogP contribution < -0.4 is 0 Å². The summed E-state index contributed by atoms with van der Waals surface area (Å²) in [6, 6.07) is 0. The summed E-state index contributed by atoms with van der Waals surface area (Å²) in [7, 11) is 0. The third-order valence-electron chi connectivity index (χ3n) is 3.07. The molecule has 58 valence electrons. The molecule has 0 aromatic heterocycles. The molecule has 0 aromatic carbocycles. The summed E-state index contributed by atoms with van der Waals surface area (Å²) in [6.45, 7) is 0. The van der Waals surface area contributed by atoms with Gasteiger partial charge in [0.25, 0.3) is 0 Å². The van der Waals surface area contributed by atoms with E-state index >= 15 is 0 Å². The van der Waals surface area contributed by atoms with Crippen LogP contribution >= 0.6 is 0 Å². The number of allylic oxidation sites excluding steroid dienone is 1. The van der Waals surface area contributed by atoms with Crippen molar-refractivity contribution in [3.05, 3.63) is 12.2 Å². The molecule has 1 aliphatic heterocycles. The second-order valence-corrected chi connectivity index (χ2v) is 3.64. The van der Waals surface area contributed by atoms with E-state index in [0.717, 1.165) is 5.92 Å². The van der Waals surface area contributed by atoms with Crippen LogP contribution in [0.2, 0.25) is 0 Å².